The Balaban J connectivity index is 1.42. The van der Waals surface area contributed by atoms with E-state index < -0.39 is 0 Å². The molecule has 1 N–H and O–H groups in total. The molecule has 106 valence electrons. The number of hydrogen-bond acceptors (Lipinski definition) is 6. The Morgan fingerprint density at radius 1 is 1.47 bits per heavy atom. The summed E-state index contributed by atoms with van der Waals surface area (Å²) in [6.07, 6.45) is 1.82. The lowest BCUT2D eigenvalue weighted by Crippen LogP contribution is -2.39. The minimum Gasteiger partial charge on any atom is -0.381 e. The van der Waals surface area contributed by atoms with Gasteiger partial charge in [-0.25, -0.2) is 4.98 Å². The molecule has 0 bridgehead atoms. The average molecular weight is 284 g/mol. The van der Waals surface area contributed by atoms with Crippen molar-refractivity contribution in [1.29, 1.82) is 0 Å². The highest BCUT2D eigenvalue weighted by molar-refractivity contribution is 7.09. The first-order valence-electron chi connectivity index (χ1n) is 6.77. The number of nitrogens with one attached hydrogen (secondary N) is 1. The van der Waals surface area contributed by atoms with Gasteiger partial charge in [-0.3, -0.25) is 0 Å². The number of thiazole rings is 1. The number of aromatic nitrogens is 1. The van der Waals surface area contributed by atoms with Gasteiger partial charge >= 0.3 is 0 Å². The van der Waals surface area contributed by atoms with Crippen LogP contribution in [0.5, 0.6) is 0 Å². The molecule has 0 aliphatic carbocycles. The minimum atomic E-state index is -0.373. The predicted molar refractivity (Wildman–Crippen MR) is 72.2 cm³/mol. The number of aryl methyl sites for hydroxylation is 1. The maximum Gasteiger partial charge on any atom is 0.173 e. The van der Waals surface area contributed by atoms with E-state index in [9.17, 15) is 0 Å². The van der Waals surface area contributed by atoms with E-state index in [4.69, 9.17) is 14.2 Å². The first-order valence-corrected chi connectivity index (χ1v) is 7.65. The Bertz CT molecular complexity index is 418. The first kappa shape index (κ1) is 13.5. The molecule has 19 heavy (non-hydrogen) atoms. The summed E-state index contributed by atoms with van der Waals surface area (Å²) in [4.78, 5) is 4.43. The highest BCUT2D eigenvalue weighted by atomic mass is 32.1. The normalized spacial score (nSPS) is 26.1. The zero-order valence-electron chi connectivity index (χ0n) is 11.2. The number of nitrogens with zero attached hydrogens (tertiary/aromatic N) is 1. The Morgan fingerprint density at radius 2 is 2.32 bits per heavy atom. The van der Waals surface area contributed by atoms with Crippen molar-refractivity contribution in [1.82, 2.24) is 10.3 Å². The molecule has 0 aromatic carbocycles. The molecule has 1 aromatic rings. The molecule has 2 saturated heterocycles. The molecule has 2 fully saturated rings. The van der Waals surface area contributed by atoms with E-state index in [1.54, 1.807) is 11.3 Å². The average Bonchev–Trinajstić information content (AvgIpc) is 2.99. The fraction of sp³-hybridized carbons (Fsp3) is 0.769. The zero-order chi connectivity index (χ0) is 13.1. The van der Waals surface area contributed by atoms with Crippen molar-refractivity contribution in [3.05, 3.63) is 16.1 Å². The smallest absolute Gasteiger partial charge is 0.173 e. The summed E-state index contributed by atoms with van der Waals surface area (Å²) < 4.78 is 17.2. The molecule has 1 aromatic heterocycles. The summed E-state index contributed by atoms with van der Waals surface area (Å²) >= 11 is 1.69. The lowest BCUT2D eigenvalue weighted by atomic mass is 10.1. The van der Waals surface area contributed by atoms with Gasteiger partial charge in [0.15, 0.2) is 5.79 Å². The largest absolute Gasteiger partial charge is 0.381 e. The first-order chi connectivity index (χ1) is 9.26. The monoisotopic (exact) mass is 284 g/mol. The molecular formula is C13H20N2O3S. The summed E-state index contributed by atoms with van der Waals surface area (Å²) in [6.45, 7) is 5.76. The number of hydrogen-bond donors (Lipinski definition) is 1. The third-order valence-electron chi connectivity index (χ3n) is 3.48. The molecule has 0 saturated carbocycles. The van der Waals surface area contributed by atoms with E-state index in [1.807, 2.05) is 6.92 Å². The van der Waals surface area contributed by atoms with Crippen molar-refractivity contribution in [2.45, 2.75) is 38.2 Å². The molecule has 1 atom stereocenters. The standard InChI is InChI=1S/C13H20N2O3S/c1-10-9-19-12(15-10)7-14-6-11-8-17-13(18-11)2-4-16-5-3-13/h9,11,14H,2-8H2,1H3/t11-/m1/s1. The van der Waals surface area contributed by atoms with Crippen LogP contribution in [0.3, 0.4) is 0 Å². The second kappa shape index (κ2) is 5.85. The molecule has 6 heteroatoms. The van der Waals surface area contributed by atoms with Gasteiger partial charge in [-0.1, -0.05) is 0 Å². The Kier molecular flexibility index (Phi) is 4.14. The SMILES string of the molecule is Cc1csc(CNC[C@@H]2COC3(CCOCC3)O2)n1. The van der Waals surface area contributed by atoms with Gasteiger partial charge in [0.2, 0.25) is 0 Å². The van der Waals surface area contributed by atoms with E-state index in [0.29, 0.717) is 6.61 Å². The van der Waals surface area contributed by atoms with Crippen LogP contribution < -0.4 is 5.32 Å². The molecule has 1 spiro atoms. The number of rotatable bonds is 4. The van der Waals surface area contributed by atoms with Crippen LogP contribution in [0.1, 0.15) is 23.5 Å². The summed E-state index contributed by atoms with van der Waals surface area (Å²) in [7, 11) is 0. The summed E-state index contributed by atoms with van der Waals surface area (Å²) in [5.41, 5.74) is 1.09. The van der Waals surface area contributed by atoms with Crippen LogP contribution in [0.15, 0.2) is 5.38 Å². The Hall–Kier alpha value is -0.530. The van der Waals surface area contributed by atoms with Gasteiger partial charge in [-0.2, -0.15) is 0 Å². The third kappa shape index (κ3) is 3.32. The number of ether oxygens (including phenoxy) is 3. The maximum atomic E-state index is 6.05. The van der Waals surface area contributed by atoms with E-state index in [2.05, 4.69) is 15.7 Å². The highest BCUT2D eigenvalue weighted by Crippen LogP contribution is 2.32. The van der Waals surface area contributed by atoms with Gasteiger partial charge < -0.3 is 19.5 Å². The lowest BCUT2D eigenvalue weighted by Gasteiger charge is -2.31. The van der Waals surface area contributed by atoms with Crippen molar-refractivity contribution < 1.29 is 14.2 Å². The predicted octanol–water partition coefficient (Wildman–Crippen LogP) is 1.46. The third-order valence-corrected chi connectivity index (χ3v) is 4.45. The van der Waals surface area contributed by atoms with Gasteiger partial charge in [0.1, 0.15) is 5.01 Å². The second-order valence-electron chi connectivity index (χ2n) is 5.09. The van der Waals surface area contributed by atoms with E-state index in [-0.39, 0.29) is 11.9 Å². The van der Waals surface area contributed by atoms with Gasteiger partial charge in [0.25, 0.3) is 0 Å². The van der Waals surface area contributed by atoms with Crippen LogP contribution in [-0.4, -0.2) is 43.2 Å². The van der Waals surface area contributed by atoms with E-state index >= 15 is 0 Å². The van der Waals surface area contributed by atoms with Crippen molar-refractivity contribution in [3.8, 4) is 0 Å². The fourth-order valence-electron chi connectivity index (χ4n) is 2.49. The highest BCUT2D eigenvalue weighted by Gasteiger charge is 2.42. The van der Waals surface area contributed by atoms with Crippen LogP contribution in [0.2, 0.25) is 0 Å². The Morgan fingerprint density at radius 3 is 3.05 bits per heavy atom. The van der Waals surface area contributed by atoms with Gasteiger partial charge in [-0.15, -0.1) is 11.3 Å². The van der Waals surface area contributed by atoms with Gasteiger partial charge in [-0.05, 0) is 6.92 Å². The molecule has 0 unspecified atom stereocenters. The van der Waals surface area contributed by atoms with E-state index in [0.717, 1.165) is 49.8 Å². The van der Waals surface area contributed by atoms with Crippen LogP contribution in [0.4, 0.5) is 0 Å². The second-order valence-corrected chi connectivity index (χ2v) is 6.03. The van der Waals surface area contributed by atoms with Crippen molar-refractivity contribution in [2.75, 3.05) is 26.4 Å². The maximum absolute atomic E-state index is 6.05. The van der Waals surface area contributed by atoms with Gasteiger partial charge in [0, 0.05) is 37.0 Å². The summed E-state index contributed by atoms with van der Waals surface area (Å²) in [6, 6.07) is 0. The van der Waals surface area contributed by atoms with Crippen molar-refractivity contribution in [3.63, 3.8) is 0 Å². The van der Waals surface area contributed by atoms with Crippen molar-refractivity contribution >= 4 is 11.3 Å². The quantitative estimate of drug-likeness (QED) is 0.907. The lowest BCUT2D eigenvalue weighted by molar-refractivity contribution is -0.210. The Labute approximate surface area is 117 Å². The van der Waals surface area contributed by atoms with Crippen LogP contribution in [0.25, 0.3) is 0 Å². The zero-order valence-corrected chi connectivity index (χ0v) is 12.0. The molecule has 3 heterocycles. The van der Waals surface area contributed by atoms with Crippen LogP contribution in [-0.2, 0) is 20.8 Å². The molecule has 0 radical (unpaired) electrons. The molecule has 0 amide bonds. The van der Waals surface area contributed by atoms with Gasteiger partial charge in [0.05, 0.1) is 25.9 Å². The summed E-state index contributed by atoms with van der Waals surface area (Å²) in [5, 5.41) is 6.59. The molecule has 3 rings (SSSR count). The van der Waals surface area contributed by atoms with Crippen LogP contribution in [0, 0.1) is 6.92 Å². The summed E-state index contributed by atoms with van der Waals surface area (Å²) in [5.74, 6) is -0.373. The molecule has 5 nitrogen and oxygen atoms in total. The van der Waals surface area contributed by atoms with Crippen molar-refractivity contribution in [2.24, 2.45) is 0 Å². The molecular weight excluding hydrogens is 264 g/mol. The fourth-order valence-corrected chi connectivity index (χ4v) is 3.23. The van der Waals surface area contributed by atoms with E-state index in [1.165, 1.54) is 0 Å². The van der Waals surface area contributed by atoms with Crippen LogP contribution >= 0.6 is 11.3 Å². The molecule has 2 aliphatic heterocycles. The molecule has 2 aliphatic rings. The topological polar surface area (TPSA) is 52.6 Å². The minimum absolute atomic E-state index is 0.138.